The first kappa shape index (κ1) is 27.8. The van der Waals surface area contributed by atoms with Gasteiger partial charge in [0.15, 0.2) is 6.61 Å². The average molecular weight is 555 g/mol. The maximum absolute atomic E-state index is 12.3. The predicted octanol–water partition coefficient (Wildman–Crippen LogP) is 3.74. The summed E-state index contributed by atoms with van der Waals surface area (Å²) in [5.41, 5.74) is 3.05. The molecule has 1 fully saturated rings. The number of hydrogen-bond donors (Lipinski definition) is 2. The molecular weight excluding hydrogens is 527 g/mol. The fourth-order valence-corrected chi connectivity index (χ4v) is 5.03. The molecule has 36 heavy (non-hydrogen) atoms. The Morgan fingerprint density at radius 3 is 2.44 bits per heavy atom. The van der Waals surface area contributed by atoms with Gasteiger partial charge in [0.1, 0.15) is 12.3 Å². The van der Waals surface area contributed by atoms with Gasteiger partial charge in [0.2, 0.25) is 10.0 Å². The number of halogens is 2. The van der Waals surface area contributed by atoms with Crippen LogP contribution in [-0.2, 0) is 19.6 Å². The quantitative estimate of drug-likeness (QED) is 0.342. The lowest BCUT2D eigenvalue weighted by Gasteiger charge is -2.22. The standard InChI is InChI=1S/C24H28Cl2N4O5S/c1-36(33,34)30(21-9-5-8-20(25)24(21)26)15-22(31)29-27-14-17-10-12-19(13-11-17)35-16-23(32)28-18-6-3-2-4-7-18/h5,8-14,18H,2-4,6-7,15-16H2,1H3,(H,28,32)(H,29,31). The molecular formula is C24H28Cl2N4O5S. The third kappa shape index (κ3) is 8.39. The van der Waals surface area contributed by atoms with Crippen LogP contribution in [0, 0.1) is 0 Å². The van der Waals surface area contributed by atoms with Crippen molar-refractivity contribution in [2.24, 2.45) is 5.10 Å². The number of carbonyl (C=O) groups excluding carboxylic acids is 2. The first-order valence-corrected chi connectivity index (χ1v) is 14.0. The molecule has 0 radical (unpaired) electrons. The molecule has 1 saturated carbocycles. The molecule has 194 valence electrons. The number of rotatable bonds is 10. The number of carbonyl (C=O) groups is 2. The van der Waals surface area contributed by atoms with Crippen molar-refractivity contribution >= 4 is 56.9 Å². The number of benzene rings is 2. The second kappa shape index (κ2) is 12.9. The van der Waals surface area contributed by atoms with Gasteiger partial charge in [0.25, 0.3) is 11.8 Å². The molecule has 2 N–H and O–H groups in total. The van der Waals surface area contributed by atoms with Gasteiger partial charge in [-0.25, -0.2) is 13.8 Å². The summed E-state index contributed by atoms with van der Waals surface area (Å²) in [5.74, 6) is -0.286. The molecule has 1 aliphatic rings. The molecule has 3 rings (SSSR count). The van der Waals surface area contributed by atoms with Gasteiger partial charge in [-0.1, -0.05) is 48.5 Å². The summed E-state index contributed by atoms with van der Waals surface area (Å²) in [6.07, 6.45) is 7.88. The number of ether oxygens (including phenoxy) is 1. The van der Waals surface area contributed by atoms with E-state index in [0.717, 1.165) is 36.2 Å². The normalized spacial score (nSPS) is 14.4. The average Bonchev–Trinajstić information content (AvgIpc) is 2.84. The fraction of sp³-hybridized carbons (Fsp3) is 0.375. The van der Waals surface area contributed by atoms with Crippen LogP contribution in [0.3, 0.4) is 0 Å². The topological polar surface area (TPSA) is 117 Å². The van der Waals surface area contributed by atoms with Crippen LogP contribution in [0.5, 0.6) is 5.75 Å². The number of hydrogen-bond acceptors (Lipinski definition) is 6. The molecule has 12 heteroatoms. The Morgan fingerprint density at radius 2 is 1.78 bits per heavy atom. The van der Waals surface area contributed by atoms with Crippen LogP contribution < -0.4 is 19.8 Å². The van der Waals surface area contributed by atoms with E-state index in [1.54, 1.807) is 24.3 Å². The smallest absolute Gasteiger partial charge is 0.260 e. The Balaban J connectivity index is 1.49. The molecule has 0 aromatic heterocycles. The third-order valence-corrected chi connectivity index (χ3v) is 7.45. The number of sulfonamides is 1. The molecule has 0 saturated heterocycles. The van der Waals surface area contributed by atoms with Crippen molar-refractivity contribution in [2.45, 2.75) is 38.1 Å². The molecule has 0 heterocycles. The molecule has 2 aromatic carbocycles. The summed E-state index contributed by atoms with van der Waals surface area (Å²) in [5, 5.41) is 7.05. The van der Waals surface area contributed by atoms with E-state index in [0.29, 0.717) is 11.3 Å². The maximum Gasteiger partial charge on any atom is 0.260 e. The zero-order valence-corrected chi connectivity index (χ0v) is 22.1. The molecule has 0 unspecified atom stereocenters. The van der Waals surface area contributed by atoms with Crippen LogP contribution >= 0.6 is 23.2 Å². The van der Waals surface area contributed by atoms with E-state index in [9.17, 15) is 18.0 Å². The first-order chi connectivity index (χ1) is 17.1. The van der Waals surface area contributed by atoms with Gasteiger partial charge >= 0.3 is 0 Å². The number of nitrogens with zero attached hydrogens (tertiary/aromatic N) is 2. The number of hydrazone groups is 1. The van der Waals surface area contributed by atoms with E-state index >= 15 is 0 Å². The van der Waals surface area contributed by atoms with Gasteiger partial charge in [-0.3, -0.25) is 13.9 Å². The van der Waals surface area contributed by atoms with Crippen molar-refractivity contribution in [3.05, 3.63) is 58.1 Å². The molecule has 0 atom stereocenters. The monoisotopic (exact) mass is 554 g/mol. The molecule has 2 aromatic rings. The van der Waals surface area contributed by atoms with E-state index in [1.807, 2.05) is 0 Å². The minimum atomic E-state index is -3.82. The molecule has 1 aliphatic carbocycles. The summed E-state index contributed by atoms with van der Waals surface area (Å²) < 4.78 is 30.8. The fourth-order valence-electron chi connectivity index (χ4n) is 3.73. The summed E-state index contributed by atoms with van der Waals surface area (Å²) in [6.45, 7) is -0.598. The highest BCUT2D eigenvalue weighted by Gasteiger charge is 2.23. The lowest BCUT2D eigenvalue weighted by molar-refractivity contribution is -0.124. The molecule has 0 bridgehead atoms. The molecule has 9 nitrogen and oxygen atoms in total. The SMILES string of the molecule is CS(=O)(=O)N(CC(=O)NN=Cc1ccc(OCC(=O)NC2CCCCC2)cc1)c1cccc(Cl)c1Cl. The maximum atomic E-state index is 12.3. The number of anilines is 1. The molecule has 0 spiro atoms. The summed E-state index contributed by atoms with van der Waals surface area (Å²) in [7, 11) is -3.82. The summed E-state index contributed by atoms with van der Waals surface area (Å²) >= 11 is 12.1. The minimum Gasteiger partial charge on any atom is -0.484 e. The molecule has 2 amide bonds. The highest BCUT2D eigenvalue weighted by atomic mass is 35.5. The van der Waals surface area contributed by atoms with E-state index < -0.39 is 22.5 Å². The first-order valence-electron chi connectivity index (χ1n) is 11.4. The van der Waals surface area contributed by atoms with Crippen LogP contribution in [0.2, 0.25) is 10.0 Å². The van der Waals surface area contributed by atoms with E-state index in [-0.39, 0.29) is 34.3 Å². The lowest BCUT2D eigenvalue weighted by atomic mass is 9.95. The van der Waals surface area contributed by atoms with E-state index in [4.69, 9.17) is 27.9 Å². The molecule has 0 aliphatic heterocycles. The van der Waals surface area contributed by atoms with Crippen LogP contribution in [0.15, 0.2) is 47.6 Å². The summed E-state index contributed by atoms with van der Waals surface area (Å²) in [6, 6.07) is 11.5. The minimum absolute atomic E-state index is 0.0228. The van der Waals surface area contributed by atoms with Crippen molar-refractivity contribution < 1.29 is 22.7 Å². The van der Waals surface area contributed by atoms with E-state index in [1.165, 1.54) is 30.8 Å². The zero-order valence-electron chi connectivity index (χ0n) is 19.7. The van der Waals surface area contributed by atoms with Crippen molar-refractivity contribution in [1.82, 2.24) is 10.7 Å². The van der Waals surface area contributed by atoms with E-state index in [2.05, 4.69) is 15.8 Å². The number of nitrogens with one attached hydrogen (secondary N) is 2. The van der Waals surface area contributed by atoms with Crippen LogP contribution in [0.25, 0.3) is 0 Å². The Bertz CT molecular complexity index is 1200. The van der Waals surface area contributed by atoms with Gasteiger partial charge in [0.05, 0.1) is 28.2 Å². The highest BCUT2D eigenvalue weighted by Crippen LogP contribution is 2.33. The Hall–Kier alpha value is -2.82. The Labute approximate surface area is 220 Å². The van der Waals surface area contributed by atoms with Gasteiger partial charge < -0.3 is 10.1 Å². The van der Waals surface area contributed by atoms with Crippen molar-refractivity contribution in [3.63, 3.8) is 0 Å². The van der Waals surface area contributed by atoms with Crippen LogP contribution in [-0.4, -0.2) is 51.9 Å². The zero-order chi connectivity index (χ0) is 26.1. The van der Waals surface area contributed by atoms with Gasteiger partial charge in [-0.05, 0) is 54.8 Å². The van der Waals surface area contributed by atoms with Crippen LogP contribution in [0.4, 0.5) is 5.69 Å². The van der Waals surface area contributed by atoms with Gasteiger partial charge in [0, 0.05) is 6.04 Å². The Kier molecular flexibility index (Phi) is 9.98. The van der Waals surface area contributed by atoms with Crippen molar-refractivity contribution in [2.75, 3.05) is 23.7 Å². The lowest BCUT2D eigenvalue weighted by Crippen LogP contribution is -2.39. The number of amides is 2. The second-order valence-electron chi connectivity index (χ2n) is 8.40. The highest BCUT2D eigenvalue weighted by molar-refractivity contribution is 7.92. The van der Waals surface area contributed by atoms with Gasteiger partial charge in [-0.15, -0.1) is 0 Å². The largest absolute Gasteiger partial charge is 0.484 e. The van der Waals surface area contributed by atoms with Crippen molar-refractivity contribution in [1.29, 1.82) is 0 Å². The Morgan fingerprint density at radius 1 is 1.08 bits per heavy atom. The predicted molar refractivity (Wildman–Crippen MR) is 141 cm³/mol. The summed E-state index contributed by atoms with van der Waals surface area (Å²) in [4.78, 5) is 24.4. The third-order valence-electron chi connectivity index (χ3n) is 5.51. The van der Waals surface area contributed by atoms with Crippen molar-refractivity contribution in [3.8, 4) is 5.75 Å². The second-order valence-corrected chi connectivity index (χ2v) is 11.1. The van der Waals surface area contributed by atoms with Crippen LogP contribution in [0.1, 0.15) is 37.7 Å². The van der Waals surface area contributed by atoms with Gasteiger partial charge in [-0.2, -0.15) is 5.10 Å².